The molecule has 0 spiro atoms. The van der Waals surface area contributed by atoms with Crippen molar-refractivity contribution in [3.8, 4) is 11.3 Å². The van der Waals surface area contributed by atoms with Crippen molar-refractivity contribution in [3.05, 3.63) is 34.9 Å². The third-order valence-corrected chi connectivity index (χ3v) is 2.88. The van der Waals surface area contributed by atoms with Gasteiger partial charge in [-0.05, 0) is 19.1 Å². The maximum absolute atomic E-state index is 5.73. The van der Waals surface area contributed by atoms with E-state index in [9.17, 15) is 0 Å². The molecule has 2 aromatic heterocycles. The van der Waals surface area contributed by atoms with E-state index in [4.69, 9.17) is 5.73 Å². The van der Waals surface area contributed by atoms with Crippen molar-refractivity contribution in [2.75, 3.05) is 0 Å². The second-order valence-electron chi connectivity index (χ2n) is 3.55. The highest BCUT2D eigenvalue weighted by atomic mass is 32.1. The smallest absolute Gasteiger partial charge is 0.0947 e. The molecule has 0 fully saturated rings. The van der Waals surface area contributed by atoms with Crippen LogP contribution in [0.4, 0.5) is 0 Å². The molecule has 0 aromatic carbocycles. The Balaban J connectivity index is 2.21. The second kappa shape index (κ2) is 4.51. The third kappa shape index (κ3) is 2.61. The van der Waals surface area contributed by atoms with Crippen LogP contribution in [0, 0.1) is 0 Å². The number of nitrogens with two attached hydrogens (primary N) is 1. The zero-order valence-corrected chi connectivity index (χ0v) is 9.37. The zero-order chi connectivity index (χ0) is 10.7. The van der Waals surface area contributed by atoms with E-state index >= 15 is 0 Å². The number of hydrogen-bond donors (Lipinski definition) is 1. The van der Waals surface area contributed by atoms with Gasteiger partial charge in [0.15, 0.2) is 0 Å². The number of rotatable bonds is 3. The van der Waals surface area contributed by atoms with E-state index in [1.165, 1.54) is 0 Å². The minimum absolute atomic E-state index is 0.165. The first kappa shape index (κ1) is 10.3. The van der Waals surface area contributed by atoms with Crippen LogP contribution in [-0.4, -0.2) is 16.0 Å². The lowest BCUT2D eigenvalue weighted by Gasteiger charge is -1.99. The van der Waals surface area contributed by atoms with Gasteiger partial charge in [-0.15, -0.1) is 11.3 Å². The third-order valence-electron chi connectivity index (χ3n) is 2.01. The molecular formula is C11H13N3S. The summed E-state index contributed by atoms with van der Waals surface area (Å²) < 4.78 is 0. The van der Waals surface area contributed by atoms with Crippen molar-refractivity contribution >= 4 is 11.3 Å². The molecule has 78 valence electrons. The lowest BCUT2D eigenvalue weighted by molar-refractivity contribution is 0.734. The zero-order valence-electron chi connectivity index (χ0n) is 8.55. The highest BCUT2D eigenvalue weighted by Gasteiger charge is 2.05. The summed E-state index contributed by atoms with van der Waals surface area (Å²) in [6.45, 7) is 1.99. The van der Waals surface area contributed by atoms with Crippen LogP contribution in [0.3, 0.4) is 0 Å². The van der Waals surface area contributed by atoms with Gasteiger partial charge in [0.05, 0.1) is 10.7 Å². The Labute approximate surface area is 93.0 Å². The molecule has 15 heavy (non-hydrogen) atoms. The van der Waals surface area contributed by atoms with E-state index in [0.717, 1.165) is 22.7 Å². The summed E-state index contributed by atoms with van der Waals surface area (Å²) in [6, 6.07) is 4.09. The Hall–Kier alpha value is -1.26. The fourth-order valence-corrected chi connectivity index (χ4v) is 2.27. The first-order chi connectivity index (χ1) is 7.25. The largest absolute Gasteiger partial charge is 0.328 e. The van der Waals surface area contributed by atoms with Crippen molar-refractivity contribution < 1.29 is 0 Å². The van der Waals surface area contributed by atoms with Crippen LogP contribution >= 0.6 is 11.3 Å². The van der Waals surface area contributed by atoms with Gasteiger partial charge in [-0.3, -0.25) is 4.98 Å². The van der Waals surface area contributed by atoms with Crippen LogP contribution < -0.4 is 5.73 Å². The van der Waals surface area contributed by atoms with Crippen LogP contribution in [0.2, 0.25) is 0 Å². The predicted molar refractivity (Wildman–Crippen MR) is 62.7 cm³/mol. The van der Waals surface area contributed by atoms with Gasteiger partial charge < -0.3 is 5.73 Å². The van der Waals surface area contributed by atoms with Crippen molar-refractivity contribution in [2.24, 2.45) is 5.73 Å². The fourth-order valence-electron chi connectivity index (χ4n) is 1.33. The van der Waals surface area contributed by atoms with Gasteiger partial charge in [-0.2, -0.15) is 0 Å². The van der Waals surface area contributed by atoms with Gasteiger partial charge in [-0.25, -0.2) is 4.98 Å². The Morgan fingerprint density at radius 3 is 3.07 bits per heavy atom. The molecule has 0 aliphatic carbocycles. The van der Waals surface area contributed by atoms with E-state index < -0.39 is 0 Å². The normalized spacial score (nSPS) is 12.7. The maximum atomic E-state index is 5.73. The summed E-state index contributed by atoms with van der Waals surface area (Å²) in [4.78, 5) is 8.59. The van der Waals surface area contributed by atoms with E-state index in [1.807, 2.05) is 25.3 Å². The monoisotopic (exact) mass is 219 g/mol. The van der Waals surface area contributed by atoms with E-state index in [2.05, 4.69) is 15.3 Å². The molecule has 0 saturated carbocycles. The average Bonchev–Trinajstić information content (AvgIpc) is 2.67. The maximum Gasteiger partial charge on any atom is 0.0947 e. The van der Waals surface area contributed by atoms with Gasteiger partial charge in [0.25, 0.3) is 0 Å². The molecule has 4 heteroatoms. The minimum Gasteiger partial charge on any atom is -0.328 e. The first-order valence-corrected chi connectivity index (χ1v) is 5.74. The molecule has 0 aliphatic heterocycles. The lowest BCUT2D eigenvalue weighted by atomic mass is 10.2. The van der Waals surface area contributed by atoms with Gasteiger partial charge in [0.2, 0.25) is 0 Å². The van der Waals surface area contributed by atoms with Crippen molar-refractivity contribution in [3.63, 3.8) is 0 Å². The standard InChI is InChI=1S/C11H13N3S/c1-8(12)5-11-14-10(7-15-11)9-3-2-4-13-6-9/h2-4,6-8H,5,12H2,1H3. The molecule has 0 amide bonds. The van der Waals surface area contributed by atoms with Crippen molar-refractivity contribution in [1.29, 1.82) is 0 Å². The average molecular weight is 219 g/mol. The summed E-state index contributed by atoms with van der Waals surface area (Å²) >= 11 is 1.65. The molecule has 0 aliphatic rings. The SMILES string of the molecule is CC(N)Cc1nc(-c2cccnc2)cs1. The van der Waals surface area contributed by atoms with Crippen molar-refractivity contribution in [1.82, 2.24) is 9.97 Å². The summed E-state index contributed by atoms with van der Waals surface area (Å²) in [7, 11) is 0. The number of nitrogens with zero attached hydrogens (tertiary/aromatic N) is 2. The molecule has 0 radical (unpaired) electrons. The second-order valence-corrected chi connectivity index (χ2v) is 4.49. The van der Waals surface area contributed by atoms with Crippen LogP contribution in [0.25, 0.3) is 11.3 Å². The van der Waals surface area contributed by atoms with E-state index in [-0.39, 0.29) is 6.04 Å². The summed E-state index contributed by atoms with van der Waals surface area (Å²) in [5.41, 5.74) is 7.78. The summed E-state index contributed by atoms with van der Waals surface area (Å²) in [6.07, 6.45) is 4.42. The van der Waals surface area contributed by atoms with Gasteiger partial charge in [0, 0.05) is 35.8 Å². The number of aromatic nitrogens is 2. The first-order valence-electron chi connectivity index (χ1n) is 4.86. The van der Waals surface area contributed by atoms with Crippen LogP contribution in [0.5, 0.6) is 0 Å². The number of hydrogen-bond acceptors (Lipinski definition) is 4. The summed E-state index contributed by atoms with van der Waals surface area (Å²) in [5, 5.41) is 3.14. The Morgan fingerprint density at radius 1 is 1.53 bits per heavy atom. The molecule has 2 N–H and O–H groups in total. The molecule has 3 nitrogen and oxygen atoms in total. The molecule has 1 unspecified atom stereocenters. The molecule has 2 heterocycles. The van der Waals surface area contributed by atoms with Crippen molar-refractivity contribution in [2.45, 2.75) is 19.4 Å². The van der Waals surface area contributed by atoms with Gasteiger partial charge >= 0.3 is 0 Å². The summed E-state index contributed by atoms with van der Waals surface area (Å²) in [5.74, 6) is 0. The predicted octanol–water partition coefficient (Wildman–Crippen LogP) is 2.09. The Kier molecular flexibility index (Phi) is 3.08. The highest BCUT2D eigenvalue weighted by Crippen LogP contribution is 2.21. The van der Waals surface area contributed by atoms with Crippen LogP contribution in [0.1, 0.15) is 11.9 Å². The fraction of sp³-hybridized carbons (Fsp3) is 0.273. The molecule has 1 atom stereocenters. The molecular weight excluding hydrogens is 206 g/mol. The molecule has 2 aromatic rings. The molecule has 2 rings (SSSR count). The molecule has 0 bridgehead atoms. The van der Waals surface area contributed by atoms with Gasteiger partial charge in [0.1, 0.15) is 0 Å². The minimum atomic E-state index is 0.165. The lowest BCUT2D eigenvalue weighted by Crippen LogP contribution is -2.17. The van der Waals surface area contributed by atoms with Crippen LogP contribution in [-0.2, 0) is 6.42 Å². The number of thiazole rings is 1. The van der Waals surface area contributed by atoms with E-state index in [1.54, 1.807) is 17.5 Å². The number of pyridine rings is 1. The van der Waals surface area contributed by atoms with E-state index in [0.29, 0.717) is 0 Å². The topological polar surface area (TPSA) is 51.8 Å². The van der Waals surface area contributed by atoms with Gasteiger partial charge in [-0.1, -0.05) is 0 Å². The Morgan fingerprint density at radius 2 is 2.40 bits per heavy atom. The highest BCUT2D eigenvalue weighted by molar-refractivity contribution is 7.09. The van der Waals surface area contributed by atoms with Crippen LogP contribution in [0.15, 0.2) is 29.9 Å². The quantitative estimate of drug-likeness (QED) is 0.860. The Bertz CT molecular complexity index is 422. The molecule has 0 saturated heterocycles.